The molecule has 1 unspecified atom stereocenters. The minimum absolute atomic E-state index is 0.377. The van der Waals surface area contributed by atoms with Gasteiger partial charge in [0, 0.05) is 37.6 Å². The maximum Gasteiger partial charge on any atom is 0.123 e. The number of phenolic OH excluding ortho intramolecular Hbond substituents is 1. The number of rotatable bonds is 4. The number of nitrogens with zero attached hydrogens (tertiary/aromatic N) is 1. The summed E-state index contributed by atoms with van der Waals surface area (Å²) in [6.07, 6.45) is 1.16. The Morgan fingerprint density at radius 3 is 2.45 bits per heavy atom. The highest BCUT2D eigenvalue weighted by molar-refractivity contribution is 5.91. The Hall–Kier alpha value is -1.58. The van der Waals surface area contributed by atoms with Crippen LogP contribution < -0.4 is 5.32 Å². The zero-order valence-electron chi connectivity index (χ0n) is 13.5. The fraction of sp³-hybridized carbons (Fsp3) is 0.474. The monoisotopic (exact) mass is 298 g/mol. The van der Waals surface area contributed by atoms with E-state index in [4.69, 9.17) is 0 Å². The predicted molar refractivity (Wildman–Crippen MR) is 92.3 cm³/mol. The van der Waals surface area contributed by atoms with Gasteiger partial charge in [0.15, 0.2) is 0 Å². The zero-order chi connectivity index (χ0) is 15.5. The fourth-order valence-corrected chi connectivity index (χ4v) is 3.61. The van der Waals surface area contributed by atoms with Gasteiger partial charge in [0.05, 0.1) is 0 Å². The molecule has 0 spiro atoms. The van der Waals surface area contributed by atoms with Crippen LogP contribution in [0.15, 0.2) is 36.4 Å². The summed E-state index contributed by atoms with van der Waals surface area (Å²) in [6, 6.07) is 12.6. The normalized spacial score (nSPS) is 19.2. The van der Waals surface area contributed by atoms with Gasteiger partial charge in [-0.25, -0.2) is 0 Å². The lowest BCUT2D eigenvalue weighted by atomic mass is 9.87. The molecule has 0 saturated carbocycles. The first-order valence-corrected chi connectivity index (χ1v) is 8.37. The minimum Gasteiger partial charge on any atom is -0.507 e. The van der Waals surface area contributed by atoms with E-state index in [2.05, 4.69) is 42.3 Å². The van der Waals surface area contributed by atoms with E-state index in [1.807, 2.05) is 18.2 Å². The Balaban J connectivity index is 2.09. The van der Waals surface area contributed by atoms with E-state index in [1.54, 1.807) is 0 Å². The number of nitrogens with one attached hydrogen (secondary N) is 1. The number of fused-ring (bicyclic) bond motifs is 1. The molecule has 3 rings (SSSR count). The van der Waals surface area contributed by atoms with Crippen LogP contribution in [0.2, 0.25) is 0 Å². The van der Waals surface area contributed by atoms with E-state index in [0.717, 1.165) is 38.0 Å². The average Bonchev–Trinajstić information content (AvgIpc) is 2.58. The van der Waals surface area contributed by atoms with Gasteiger partial charge in [-0.15, -0.1) is 0 Å². The zero-order valence-corrected chi connectivity index (χ0v) is 13.5. The second-order valence-electron chi connectivity index (χ2n) is 6.34. The molecule has 0 amide bonds. The van der Waals surface area contributed by atoms with Crippen LogP contribution in [0.4, 0.5) is 0 Å². The number of piperazine rings is 1. The van der Waals surface area contributed by atoms with Crippen molar-refractivity contribution in [2.75, 3.05) is 26.2 Å². The minimum atomic E-state index is 0.377. The van der Waals surface area contributed by atoms with Crippen LogP contribution in [0.25, 0.3) is 10.8 Å². The second kappa shape index (κ2) is 6.67. The third-order valence-corrected chi connectivity index (χ3v) is 4.98. The topological polar surface area (TPSA) is 35.5 Å². The first-order valence-electron chi connectivity index (χ1n) is 8.37. The van der Waals surface area contributed by atoms with Gasteiger partial charge in [-0.05, 0) is 22.9 Å². The molecule has 3 heteroatoms. The highest BCUT2D eigenvalue weighted by atomic mass is 16.3. The van der Waals surface area contributed by atoms with E-state index >= 15 is 0 Å². The molecule has 1 fully saturated rings. The molecule has 2 aromatic carbocycles. The van der Waals surface area contributed by atoms with E-state index in [-0.39, 0.29) is 0 Å². The lowest BCUT2D eigenvalue weighted by molar-refractivity contribution is 0.129. The molecule has 0 aliphatic carbocycles. The third kappa shape index (κ3) is 2.83. The van der Waals surface area contributed by atoms with Crippen LogP contribution in [0.1, 0.15) is 31.9 Å². The molecule has 1 saturated heterocycles. The van der Waals surface area contributed by atoms with Gasteiger partial charge in [0.2, 0.25) is 0 Å². The van der Waals surface area contributed by atoms with Gasteiger partial charge in [-0.3, -0.25) is 4.90 Å². The van der Waals surface area contributed by atoms with Crippen LogP contribution >= 0.6 is 0 Å². The van der Waals surface area contributed by atoms with Crippen LogP contribution in [-0.2, 0) is 0 Å². The van der Waals surface area contributed by atoms with Crippen molar-refractivity contribution < 1.29 is 5.11 Å². The van der Waals surface area contributed by atoms with Crippen molar-refractivity contribution >= 4 is 10.8 Å². The molecule has 0 radical (unpaired) electrons. The van der Waals surface area contributed by atoms with Crippen molar-refractivity contribution in [1.29, 1.82) is 0 Å². The van der Waals surface area contributed by atoms with Gasteiger partial charge in [0.25, 0.3) is 0 Å². The molecule has 1 heterocycles. The van der Waals surface area contributed by atoms with Crippen LogP contribution in [0.3, 0.4) is 0 Å². The Kier molecular flexibility index (Phi) is 4.65. The molecule has 2 aromatic rings. The molecule has 0 aromatic heterocycles. The van der Waals surface area contributed by atoms with Crippen molar-refractivity contribution in [3.63, 3.8) is 0 Å². The molecule has 118 valence electrons. The molecule has 0 bridgehead atoms. The number of benzene rings is 2. The van der Waals surface area contributed by atoms with Crippen LogP contribution in [-0.4, -0.2) is 36.2 Å². The third-order valence-electron chi connectivity index (χ3n) is 4.98. The Labute approximate surface area is 132 Å². The Morgan fingerprint density at radius 1 is 1.09 bits per heavy atom. The molecule has 2 atom stereocenters. The summed E-state index contributed by atoms with van der Waals surface area (Å²) in [5.41, 5.74) is 1.35. The maximum absolute atomic E-state index is 10.2. The van der Waals surface area contributed by atoms with Crippen LogP contribution in [0.5, 0.6) is 5.75 Å². The van der Waals surface area contributed by atoms with Gasteiger partial charge < -0.3 is 10.4 Å². The number of aromatic hydroxyl groups is 1. The lowest BCUT2D eigenvalue weighted by Gasteiger charge is -2.39. The summed E-state index contributed by atoms with van der Waals surface area (Å²) in [5.74, 6) is 0.966. The van der Waals surface area contributed by atoms with E-state index in [9.17, 15) is 5.11 Å². The summed E-state index contributed by atoms with van der Waals surface area (Å²) in [7, 11) is 0. The summed E-state index contributed by atoms with van der Waals surface area (Å²) < 4.78 is 0. The summed E-state index contributed by atoms with van der Waals surface area (Å²) >= 11 is 0. The highest BCUT2D eigenvalue weighted by Crippen LogP contribution is 2.37. The molecule has 1 aliphatic heterocycles. The Morgan fingerprint density at radius 2 is 1.77 bits per heavy atom. The maximum atomic E-state index is 10.2. The highest BCUT2D eigenvalue weighted by Gasteiger charge is 2.27. The predicted octanol–water partition coefficient (Wildman–Crippen LogP) is 3.54. The van der Waals surface area contributed by atoms with Gasteiger partial charge in [-0.2, -0.15) is 0 Å². The first kappa shape index (κ1) is 15.3. The van der Waals surface area contributed by atoms with Crippen molar-refractivity contribution in [1.82, 2.24) is 10.2 Å². The Bertz CT molecular complexity index is 634. The van der Waals surface area contributed by atoms with Crippen molar-refractivity contribution in [3.05, 3.63) is 42.0 Å². The van der Waals surface area contributed by atoms with E-state index in [0.29, 0.717) is 17.7 Å². The summed E-state index contributed by atoms with van der Waals surface area (Å²) in [4.78, 5) is 2.60. The van der Waals surface area contributed by atoms with Gasteiger partial charge >= 0.3 is 0 Å². The molecular formula is C19H26N2O. The molecule has 3 nitrogen and oxygen atoms in total. The van der Waals surface area contributed by atoms with Crippen molar-refractivity contribution in [2.45, 2.75) is 26.3 Å². The molecule has 22 heavy (non-hydrogen) atoms. The number of hydrogen-bond acceptors (Lipinski definition) is 3. The lowest BCUT2D eigenvalue weighted by Crippen LogP contribution is -2.46. The average molecular weight is 298 g/mol. The van der Waals surface area contributed by atoms with E-state index in [1.165, 1.54) is 10.9 Å². The number of phenols is 1. The second-order valence-corrected chi connectivity index (χ2v) is 6.34. The van der Waals surface area contributed by atoms with Crippen molar-refractivity contribution in [3.8, 4) is 5.75 Å². The molecule has 2 N–H and O–H groups in total. The quantitative estimate of drug-likeness (QED) is 0.906. The first-order chi connectivity index (χ1) is 10.7. The SMILES string of the molecule is CCC(C)[C@@H](c1ccc(O)c2ccccc12)N1CCNCC1. The number of hydrogen-bond donors (Lipinski definition) is 2. The van der Waals surface area contributed by atoms with Gasteiger partial charge in [-0.1, -0.05) is 50.6 Å². The standard InChI is InChI=1S/C19H26N2O/c1-3-14(2)19(21-12-10-20-11-13-21)17-8-9-18(22)16-7-5-4-6-15(16)17/h4-9,14,19-20,22H,3,10-13H2,1-2H3/t14?,19-/m0/s1. The largest absolute Gasteiger partial charge is 0.507 e. The van der Waals surface area contributed by atoms with E-state index < -0.39 is 0 Å². The molecular weight excluding hydrogens is 272 g/mol. The van der Waals surface area contributed by atoms with Gasteiger partial charge in [0.1, 0.15) is 5.75 Å². The fourth-order valence-electron chi connectivity index (χ4n) is 3.61. The molecule has 1 aliphatic rings. The van der Waals surface area contributed by atoms with Crippen LogP contribution in [0, 0.1) is 5.92 Å². The van der Waals surface area contributed by atoms with Crippen molar-refractivity contribution in [2.24, 2.45) is 5.92 Å². The smallest absolute Gasteiger partial charge is 0.123 e. The summed E-state index contributed by atoms with van der Waals surface area (Å²) in [6.45, 7) is 8.90. The summed E-state index contributed by atoms with van der Waals surface area (Å²) in [5, 5.41) is 15.8.